The zero-order chi connectivity index (χ0) is 15.8. The molecule has 4 rings (SSSR count). The molecule has 5 heteroatoms. The second kappa shape index (κ2) is 5.89. The number of amides is 1. The van der Waals surface area contributed by atoms with Gasteiger partial charge < -0.3 is 20.1 Å². The number of carbonyl (C=O) groups is 1. The largest absolute Gasteiger partial charge is 0.370 e. The van der Waals surface area contributed by atoms with Crippen molar-refractivity contribution in [3.05, 3.63) is 29.5 Å². The number of hydrogen-bond acceptors (Lipinski definition) is 3. The van der Waals surface area contributed by atoms with Crippen LogP contribution in [0.4, 0.5) is 5.69 Å². The van der Waals surface area contributed by atoms with Crippen molar-refractivity contribution in [2.45, 2.75) is 19.8 Å². The van der Waals surface area contributed by atoms with Gasteiger partial charge in [0.1, 0.15) is 0 Å². The molecule has 0 bridgehead atoms. The van der Waals surface area contributed by atoms with Gasteiger partial charge in [-0.3, -0.25) is 4.79 Å². The molecule has 3 heterocycles. The molecule has 1 saturated heterocycles. The standard InChI is InChI=1S/C18H24N4O/c1-2-21-9-3-4-16-17(21)14-12-13(5-6-15(14)20-16)18(23)22-10-7-19-8-11-22/h5-6,12,19-20H,2-4,7-11H2,1H3. The fourth-order valence-corrected chi connectivity index (χ4v) is 3.83. The smallest absolute Gasteiger partial charge is 0.253 e. The van der Waals surface area contributed by atoms with Crippen LogP contribution in [-0.2, 0) is 6.42 Å². The number of aryl methyl sites for hydroxylation is 1. The number of H-pyrrole nitrogens is 1. The second-order valence-corrected chi connectivity index (χ2v) is 6.44. The molecule has 2 aliphatic heterocycles. The first-order chi connectivity index (χ1) is 11.3. The van der Waals surface area contributed by atoms with Crippen molar-refractivity contribution >= 4 is 22.5 Å². The van der Waals surface area contributed by atoms with E-state index in [9.17, 15) is 4.79 Å². The van der Waals surface area contributed by atoms with Gasteiger partial charge in [0, 0.05) is 61.4 Å². The van der Waals surface area contributed by atoms with Crippen LogP contribution in [0, 0.1) is 0 Å². The number of piperazine rings is 1. The average Bonchev–Trinajstić information content (AvgIpc) is 2.99. The number of rotatable bonds is 2. The van der Waals surface area contributed by atoms with Gasteiger partial charge in [-0.2, -0.15) is 0 Å². The Bertz CT molecular complexity index is 730. The fourth-order valence-electron chi connectivity index (χ4n) is 3.83. The van der Waals surface area contributed by atoms with E-state index in [1.165, 1.54) is 23.2 Å². The number of benzene rings is 1. The summed E-state index contributed by atoms with van der Waals surface area (Å²) in [7, 11) is 0. The van der Waals surface area contributed by atoms with E-state index in [4.69, 9.17) is 0 Å². The highest BCUT2D eigenvalue weighted by Gasteiger charge is 2.23. The van der Waals surface area contributed by atoms with E-state index in [2.05, 4.69) is 34.3 Å². The zero-order valence-corrected chi connectivity index (χ0v) is 13.7. The molecule has 2 N–H and O–H groups in total. The van der Waals surface area contributed by atoms with Crippen LogP contribution in [0.15, 0.2) is 18.2 Å². The van der Waals surface area contributed by atoms with Crippen LogP contribution in [0.2, 0.25) is 0 Å². The Morgan fingerprint density at radius 2 is 2.04 bits per heavy atom. The maximum absolute atomic E-state index is 12.8. The van der Waals surface area contributed by atoms with Crippen molar-refractivity contribution in [2.24, 2.45) is 0 Å². The third-order valence-corrected chi connectivity index (χ3v) is 5.05. The third kappa shape index (κ3) is 2.49. The van der Waals surface area contributed by atoms with Gasteiger partial charge >= 0.3 is 0 Å². The lowest BCUT2D eigenvalue weighted by atomic mass is 10.0. The number of nitrogens with zero attached hydrogens (tertiary/aromatic N) is 2. The Morgan fingerprint density at radius 1 is 1.22 bits per heavy atom. The summed E-state index contributed by atoms with van der Waals surface area (Å²) < 4.78 is 0. The average molecular weight is 312 g/mol. The molecule has 2 aromatic rings. The number of anilines is 1. The number of aromatic amines is 1. The molecule has 0 radical (unpaired) electrons. The Kier molecular flexibility index (Phi) is 3.73. The third-order valence-electron chi connectivity index (χ3n) is 5.05. The summed E-state index contributed by atoms with van der Waals surface area (Å²) in [6, 6.07) is 6.12. The predicted octanol–water partition coefficient (Wildman–Crippen LogP) is 1.99. The molecule has 0 atom stereocenters. The van der Waals surface area contributed by atoms with E-state index in [1.807, 2.05) is 11.0 Å². The van der Waals surface area contributed by atoms with Gasteiger partial charge in [0.05, 0.1) is 5.69 Å². The van der Waals surface area contributed by atoms with Crippen molar-refractivity contribution in [2.75, 3.05) is 44.2 Å². The first-order valence-corrected chi connectivity index (χ1v) is 8.67. The summed E-state index contributed by atoms with van der Waals surface area (Å²) >= 11 is 0. The molecule has 0 spiro atoms. The molecule has 1 aromatic carbocycles. The molecule has 0 aliphatic carbocycles. The number of carbonyl (C=O) groups excluding carboxylic acids is 1. The zero-order valence-electron chi connectivity index (χ0n) is 13.7. The minimum atomic E-state index is 0.155. The van der Waals surface area contributed by atoms with Gasteiger partial charge in [0.2, 0.25) is 0 Å². The van der Waals surface area contributed by atoms with Crippen LogP contribution in [-0.4, -0.2) is 55.1 Å². The van der Waals surface area contributed by atoms with Gasteiger partial charge in [0.15, 0.2) is 0 Å². The Balaban J connectivity index is 1.73. The lowest BCUT2D eigenvalue weighted by Gasteiger charge is -2.28. The normalized spacial score (nSPS) is 18.3. The molecule has 0 unspecified atom stereocenters. The van der Waals surface area contributed by atoms with Gasteiger partial charge in [-0.1, -0.05) is 0 Å². The Hall–Kier alpha value is -2.01. The molecule has 5 nitrogen and oxygen atoms in total. The lowest BCUT2D eigenvalue weighted by Crippen LogP contribution is -2.46. The van der Waals surface area contributed by atoms with Gasteiger partial charge in [-0.25, -0.2) is 0 Å². The second-order valence-electron chi connectivity index (χ2n) is 6.44. The van der Waals surface area contributed by atoms with E-state index in [0.29, 0.717) is 0 Å². The van der Waals surface area contributed by atoms with Crippen LogP contribution in [0.1, 0.15) is 29.4 Å². The van der Waals surface area contributed by atoms with Crippen LogP contribution >= 0.6 is 0 Å². The van der Waals surface area contributed by atoms with Crippen molar-refractivity contribution in [1.82, 2.24) is 15.2 Å². The van der Waals surface area contributed by atoms with E-state index >= 15 is 0 Å². The fraction of sp³-hybridized carbons (Fsp3) is 0.500. The summed E-state index contributed by atoms with van der Waals surface area (Å²) in [5, 5.41) is 4.49. The number of fused-ring (bicyclic) bond motifs is 3. The summed E-state index contributed by atoms with van der Waals surface area (Å²) in [4.78, 5) is 20.7. The molecule has 1 fully saturated rings. The summed E-state index contributed by atoms with van der Waals surface area (Å²) in [5.74, 6) is 0.155. The summed E-state index contributed by atoms with van der Waals surface area (Å²) in [6.07, 6.45) is 2.29. The molecular weight excluding hydrogens is 288 g/mol. The van der Waals surface area contributed by atoms with E-state index in [0.717, 1.165) is 56.8 Å². The van der Waals surface area contributed by atoms with Crippen LogP contribution in [0.3, 0.4) is 0 Å². The molecule has 122 valence electrons. The molecule has 1 aromatic heterocycles. The van der Waals surface area contributed by atoms with Crippen molar-refractivity contribution in [3.8, 4) is 0 Å². The SMILES string of the molecule is CCN1CCCc2[nH]c3ccc(C(=O)N4CCNCC4)cc3c21. The van der Waals surface area contributed by atoms with Gasteiger partial charge in [-0.05, 0) is 38.0 Å². The monoisotopic (exact) mass is 312 g/mol. The number of aromatic nitrogens is 1. The van der Waals surface area contributed by atoms with E-state index < -0.39 is 0 Å². The molecule has 23 heavy (non-hydrogen) atoms. The van der Waals surface area contributed by atoms with Crippen LogP contribution < -0.4 is 10.2 Å². The quantitative estimate of drug-likeness (QED) is 0.891. The molecule has 0 saturated carbocycles. The highest BCUT2D eigenvalue weighted by molar-refractivity contribution is 6.02. The van der Waals surface area contributed by atoms with Crippen molar-refractivity contribution < 1.29 is 4.79 Å². The summed E-state index contributed by atoms with van der Waals surface area (Å²) in [5.41, 5.74) is 4.58. The van der Waals surface area contributed by atoms with Gasteiger partial charge in [0.25, 0.3) is 5.91 Å². The Labute approximate surface area is 136 Å². The first-order valence-electron chi connectivity index (χ1n) is 8.67. The minimum Gasteiger partial charge on any atom is -0.370 e. The number of hydrogen-bond donors (Lipinski definition) is 2. The number of nitrogens with one attached hydrogen (secondary N) is 2. The molecular formula is C18H24N4O. The van der Waals surface area contributed by atoms with Crippen LogP contribution in [0.25, 0.3) is 10.9 Å². The minimum absolute atomic E-state index is 0.155. The molecule has 1 amide bonds. The predicted molar refractivity (Wildman–Crippen MR) is 93.3 cm³/mol. The topological polar surface area (TPSA) is 51.4 Å². The highest BCUT2D eigenvalue weighted by atomic mass is 16.2. The molecule has 2 aliphatic rings. The lowest BCUT2D eigenvalue weighted by molar-refractivity contribution is 0.0736. The highest BCUT2D eigenvalue weighted by Crippen LogP contribution is 2.35. The van der Waals surface area contributed by atoms with Crippen LogP contribution in [0.5, 0.6) is 0 Å². The van der Waals surface area contributed by atoms with Gasteiger partial charge in [-0.15, -0.1) is 0 Å². The maximum atomic E-state index is 12.8. The van der Waals surface area contributed by atoms with Crippen molar-refractivity contribution in [1.29, 1.82) is 0 Å². The van der Waals surface area contributed by atoms with Crippen molar-refractivity contribution in [3.63, 3.8) is 0 Å². The first kappa shape index (κ1) is 14.6. The maximum Gasteiger partial charge on any atom is 0.253 e. The Morgan fingerprint density at radius 3 is 2.83 bits per heavy atom. The van der Waals surface area contributed by atoms with E-state index in [-0.39, 0.29) is 5.91 Å². The van der Waals surface area contributed by atoms with E-state index in [1.54, 1.807) is 0 Å². The summed E-state index contributed by atoms with van der Waals surface area (Å²) in [6.45, 7) is 7.67.